The Bertz CT molecular complexity index is 1050. The van der Waals surface area contributed by atoms with E-state index in [1.807, 2.05) is 61.6 Å². The molecule has 0 saturated carbocycles. The van der Waals surface area contributed by atoms with Crippen LogP contribution < -0.4 is 5.32 Å². The molecule has 2 atom stereocenters. The maximum absolute atomic E-state index is 12.8. The van der Waals surface area contributed by atoms with Crippen LogP contribution in [0.3, 0.4) is 0 Å². The lowest BCUT2D eigenvalue weighted by atomic mass is 9.81. The highest BCUT2D eigenvalue weighted by molar-refractivity contribution is 5.89. The summed E-state index contributed by atoms with van der Waals surface area (Å²) in [7, 11) is 1.99. The van der Waals surface area contributed by atoms with Crippen molar-refractivity contribution in [1.29, 1.82) is 0 Å². The van der Waals surface area contributed by atoms with Gasteiger partial charge in [-0.05, 0) is 42.5 Å². The zero-order valence-electron chi connectivity index (χ0n) is 17.0. The minimum Gasteiger partial charge on any atom is -0.481 e. The number of piperidine rings is 1. The molecule has 2 N–H and O–H groups in total. The molecule has 156 valence electrons. The number of amides is 2. The molecule has 7 nitrogen and oxygen atoms in total. The molecule has 0 bridgehead atoms. The number of imidazole rings is 1. The number of fused-ring (bicyclic) bond motifs is 1. The minimum absolute atomic E-state index is 0.0167. The van der Waals surface area contributed by atoms with Gasteiger partial charge in [-0.15, -0.1) is 0 Å². The van der Waals surface area contributed by atoms with Crippen LogP contribution in [0.4, 0.5) is 10.5 Å². The van der Waals surface area contributed by atoms with Crippen molar-refractivity contribution in [3.63, 3.8) is 0 Å². The number of carbonyl (C=O) groups excluding carboxylic acids is 1. The number of likely N-dealkylation sites (tertiary alicyclic amines) is 1. The summed E-state index contributed by atoms with van der Waals surface area (Å²) < 4.78 is 2.07. The zero-order valence-corrected chi connectivity index (χ0v) is 17.0. The van der Waals surface area contributed by atoms with E-state index in [1.165, 1.54) is 0 Å². The molecule has 0 aliphatic carbocycles. The first-order valence-electron chi connectivity index (χ1n) is 10.2. The Morgan fingerprint density at radius 3 is 2.57 bits per heavy atom. The van der Waals surface area contributed by atoms with Crippen molar-refractivity contribution >= 4 is 28.7 Å². The average molecular weight is 406 g/mol. The van der Waals surface area contributed by atoms with Crippen molar-refractivity contribution < 1.29 is 14.7 Å². The summed E-state index contributed by atoms with van der Waals surface area (Å²) >= 11 is 0. The number of hydrogen-bond donors (Lipinski definition) is 2. The molecule has 30 heavy (non-hydrogen) atoms. The first-order valence-corrected chi connectivity index (χ1v) is 10.2. The number of carboxylic acid groups (broad SMARTS) is 1. The highest BCUT2D eigenvalue weighted by atomic mass is 16.4. The number of urea groups is 1. The molecule has 1 saturated heterocycles. The number of aliphatic carboxylic acids is 1. The maximum Gasteiger partial charge on any atom is 0.321 e. The summed E-state index contributed by atoms with van der Waals surface area (Å²) in [6, 6.07) is 17.2. The predicted octanol–water partition coefficient (Wildman–Crippen LogP) is 3.76. The minimum atomic E-state index is -0.794. The number of benzene rings is 2. The van der Waals surface area contributed by atoms with Gasteiger partial charge in [0.1, 0.15) is 5.82 Å². The van der Waals surface area contributed by atoms with Crippen LogP contribution in [0, 0.1) is 11.8 Å². The number of aromatic nitrogens is 2. The van der Waals surface area contributed by atoms with Crippen LogP contribution in [0.5, 0.6) is 0 Å². The van der Waals surface area contributed by atoms with E-state index in [4.69, 9.17) is 4.98 Å². The second-order valence-electron chi connectivity index (χ2n) is 7.93. The molecule has 0 unspecified atom stereocenters. The number of rotatable bonds is 5. The Balaban J connectivity index is 1.52. The standard InChI is InChI=1S/C23H26N4O3/c1-26-20-10-6-5-9-19(20)25-21(26)13-17-15-27(12-11-16(17)14-22(28)29)23(30)24-18-7-3-2-4-8-18/h2-10,16-17H,11-15H2,1H3,(H,24,30)(H,28,29)/t16-,17-/m0/s1. The Morgan fingerprint density at radius 2 is 1.83 bits per heavy atom. The van der Waals surface area contributed by atoms with E-state index in [-0.39, 0.29) is 24.3 Å². The number of carboxylic acids is 1. The fourth-order valence-electron chi connectivity index (χ4n) is 4.33. The number of nitrogens with one attached hydrogen (secondary N) is 1. The van der Waals surface area contributed by atoms with Crippen molar-refractivity contribution in [2.24, 2.45) is 18.9 Å². The molecule has 1 fully saturated rings. The van der Waals surface area contributed by atoms with E-state index in [0.717, 1.165) is 22.5 Å². The Labute approximate surface area is 175 Å². The van der Waals surface area contributed by atoms with Gasteiger partial charge < -0.3 is 19.9 Å². The third-order valence-electron chi connectivity index (χ3n) is 5.96. The van der Waals surface area contributed by atoms with E-state index in [1.54, 1.807) is 4.90 Å². The van der Waals surface area contributed by atoms with Gasteiger partial charge in [0.25, 0.3) is 0 Å². The number of aryl methyl sites for hydroxylation is 1. The molecule has 4 rings (SSSR count). The van der Waals surface area contributed by atoms with Crippen LogP contribution in [-0.4, -0.2) is 44.6 Å². The number of nitrogens with zero attached hydrogens (tertiary/aromatic N) is 3. The SMILES string of the molecule is Cn1c(C[C@H]2CN(C(=O)Nc3ccccc3)CC[C@H]2CC(=O)O)nc2ccccc21. The lowest BCUT2D eigenvalue weighted by molar-refractivity contribution is -0.139. The van der Waals surface area contributed by atoms with Gasteiger partial charge in [-0.25, -0.2) is 9.78 Å². The van der Waals surface area contributed by atoms with Crippen LogP contribution in [0.15, 0.2) is 54.6 Å². The topological polar surface area (TPSA) is 87.5 Å². The first-order chi connectivity index (χ1) is 14.5. The van der Waals surface area contributed by atoms with Gasteiger partial charge in [0.05, 0.1) is 11.0 Å². The van der Waals surface area contributed by atoms with E-state index in [9.17, 15) is 14.7 Å². The van der Waals surface area contributed by atoms with Gasteiger partial charge in [-0.1, -0.05) is 30.3 Å². The molecule has 3 aromatic rings. The van der Waals surface area contributed by atoms with Gasteiger partial charge in [0.2, 0.25) is 0 Å². The fraction of sp³-hybridized carbons (Fsp3) is 0.348. The molecule has 2 aromatic carbocycles. The normalized spacial score (nSPS) is 19.0. The van der Waals surface area contributed by atoms with Crippen LogP contribution in [0.25, 0.3) is 11.0 Å². The van der Waals surface area contributed by atoms with E-state index in [0.29, 0.717) is 25.9 Å². The number of para-hydroxylation sites is 3. The van der Waals surface area contributed by atoms with Gasteiger partial charge in [0, 0.05) is 38.7 Å². The van der Waals surface area contributed by atoms with Crippen LogP contribution >= 0.6 is 0 Å². The molecule has 1 aliphatic heterocycles. The Morgan fingerprint density at radius 1 is 1.10 bits per heavy atom. The highest BCUT2D eigenvalue weighted by Gasteiger charge is 2.33. The molecule has 2 amide bonds. The van der Waals surface area contributed by atoms with Crippen molar-refractivity contribution in [2.75, 3.05) is 18.4 Å². The van der Waals surface area contributed by atoms with Crippen LogP contribution in [0.2, 0.25) is 0 Å². The van der Waals surface area contributed by atoms with Crippen molar-refractivity contribution in [2.45, 2.75) is 19.3 Å². The fourth-order valence-corrected chi connectivity index (χ4v) is 4.33. The van der Waals surface area contributed by atoms with E-state index < -0.39 is 5.97 Å². The monoisotopic (exact) mass is 406 g/mol. The number of hydrogen-bond acceptors (Lipinski definition) is 3. The van der Waals surface area contributed by atoms with Gasteiger partial charge >= 0.3 is 12.0 Å². The average Bonchev–Trinajstić information content (AvgIpc) is 3.05. The van der Waals surface area contributed by atoms with Crippen molar-refractivity contribution in [3.05, 3.63) is 60.4 Å². The summed E-state index contributed by atoms with van der Waals surface area (Å²) in [6.07, 6.45) is 1.42. The van der Waals surface area contributed by atoms with Crippen molar-refractivity contribution in [3.8, 4) is 0 Å². The van der Waals surface area contributed by atoms with Crippen LogP contribution in [-0.2, 0) is 18.3 Å². The molecule has 1 aromatic heterocycles. The molecular formula is C23H26N4O3. The zero-order chi connectivity index (χ0) is 21.1. The Kier molecular flexibility index (Phi) is 5.70. The van der Waals surface area contributed by atoms with E-state index >= 15 is 0 Å². The maximum atomic E-state index is 12.8. The van der Waals surface area contributed by atoms with Crippen molar-refractivity contribution in [1.82, 2.24) is 14.5 Å². The van der Waals surface area contributed by atoms with Gasteiger partial charge in [-0.2, -0.15) is 0 Å². The molecular weight excluding hydrogens is 380 g/mol. The van der Waals surface area contributed by atoms with E-state index in [2.05, 4.69) is 9.88 Å². The summed E-state index contributed by atoms with van der Waals surface area (Å²) in [5.41, 5.74) is 2.73. The molecule has 0 spiro atoms. The molecule has 2 heterocycles. The Hall–Kier alpha value is -3.35. The van der Waals surface area contributed by atoms with Gasteiger partial charge in [0.15, 0.2) is 0 Å². The van der Waals surface area contributed by atoms with Crippen LogP contribution in [0.1, 0.15) is 18.7 Å². The lowest BCUT2D eigenvalue weighted by Crippen LogP contribution is -2.46. The second kappa shape index (κ2) is 8.57. The number of anilines is 1. The second-order valence-corrected chi connectivity index (χ2v) is 7.93. The summed E-state index contributed by atoms with van der Waals surface area (Å²) in [5, 5.41) is 12.3. The number of carbonyl (C=O) groups is 2. The third kappa shape index (κ3) is 4.30. The molecule has 0 radical (unpaired) electrons. The highest BCUT2D eigenvalue weighted by Crippen LogP contribution is 2.30. The first kappa shape index (κ1) is 19.9. The third-order valence-corrected chi connectivity index (χ3v) is 5.96. The summed E-state index contributed by atoms with van der Waals surface area (Å²) in [6.45, 7) is 1.06. The predicted molar refractivity (Wildman–Crippen MR) is 115 cm³/mol. The van der Waals surface area contributed by atoms with Gasteiger partial charge in [-0.3, -0.25) is 4.79 Å². The smallest absolute Gasteiger partial charge is 0.321 e. The quantitative estimate of drug-likeness (QED) is 0.675. The lowest BCUT2D eigenvalue weighted by Gasteiger charge is -2.38. The summed E-state index contributed by atoms with van der Waals surface area (Å²) in [4.78, 5) is 30.7. The summed E-state index contributed by atoms with van der Waals surface area (Å²) in [5.74, 6) is 0.175. The molecule has 7 heteroatoms. The molecule has 1 aliphatic rings. The largest absolute Gasteiger partial charge is 0.481 e.